The number of benzene rings is 2. The number of unbranched alkanes of at least 4 members (excludes halogenated alkanes) is 1. The highest BCUT2D eigenvalue weighted by Crippen LogP contribution is 2.26. The molecule has 7 heteroatoms. The van der Waals surface area contributed by atoms with Crippen LogP contribution in [0.15, 0.2) is 48.5 Å². The lowest BCUT2D eigenvalue weighted by atomic mass is 9.99. The summed E-state index contributed by atoms with van der Waals surface area (Å²) in [4.78, 5) is 19.3. The number of likely N-dealkylation sites (N-methyl/N-ethyl adjacent to an activating group) is 1. The second-order valence-electron chi connectivity index (χ2n) is 8.69. The van der Waals surface area contributed by atoms with Crippen LogP contribution in [0.1, 0.15) is 58.1 Å². The standard InChI is InChI=1S/C28H42N2O5/c1-5-30(6-2)19-20-34-26-17-15-24(16-18-26)23-11-13-25(14-12-23)27(31)9-7-8-10-28(32)29-35-22(3)21-33-4/h11-18,22,27,31H,5-10,19-21H2,1-4H3,(H,29,32)/t22-,27-/m1/s1. The van der Waals surface area contributed by atoms with Gasteiger partial charge in [-0.3, -0.25) is 9.63 Å². The normalized spacial score (nSPS) is 13.0. The van der Waals surface area contributed by atoms with Crippen molar-refractivity contribution in [3.63, 3.8) is 0 Å². The van der Waals surface area contributed by atoms with Crippen molar-refractivity contribution in [2.75, 3.05) is 40.0 Å². The Morgan fingerprint density at radius 2 is 1.63 bits per heavy atom. The SMILES string of the molecule is CCN(CC)CCOc1ccc(-c2ccc([C@H](O)CCCCC(=O)NO[C@H](C)COC)cc2)cc1. The molecule has 2 aromatic rings. The summed E-state index contributed by atoms with van der Waals surface area (Å²) in [6, 6.07) is 16.1. The number of aliphatic hydroxyl groups excluding tert-OH is 1. The van der Waals surface area contributed by atoms with Crippen LogP contribution in [-0.2, 0) is 14.4 Å². The summed E-state index contributed by atoms with van der Waals surface area (Å²) < 4.78 is 10.8. The molecule has 194 valence electrons. The zero-order chi connectivity index (χ0) is 25.5. The maximum atomic E-state index is 11.8. The lowest BCUT2D eigenvalue weighted by Gasteiger charge is -2.18. The third-order valence-electron chi connectivity index (χ3n) is 5.96. The van der Waals surface area contributed by atoms with E-state index >= 15 is 0 Å². The molecule has 0 unspecified atom stereocenters. The molecule has 0 radical (unpaired) electrons. The number of hydrogen-bond donors (Lipinski definition) is 2. The quantitative estimate of drug-likeness (QED) is 0.248. The smallest absolute Gasteiger partial charge is 0.243 e. The summed E-state index contributed by atoms with van der Waals surface area (Å²) in [6.45, 7) is 10.2. The van der Waals surface area contributed by atoms with E-state index in [2.05, 4.69) is 36.4 Å². The zero-order valence-corrected chi connectivity index (χ0v) is 21.7. The second-order valence-corrected chi connectivity index (χ2v) is 8.69. The average Bonchev–Trinajstić information content (AvgIpc) is 2.88. The maximum absolute atomic E-state index is 11.8. The Hall–Kier alpha value is -2.45. The summed E-state index contributed by atoms with van der Waals surface area (Å²) in [7, 11) is 1.59. The molecule has 2 aromatic carbocycles. The van der Waals surface area contributed by atoms with Crippen molar-refractivity contribution in [1.82, 2.24) is 10.4 Å². The van der Waals surface area contributed by atoms with E-state index in [0.29, 0.717) is 32.5 Å². The molecule has 0 aliphatic carbocycles. The number of carbonyl (C=O) groups is 1. The lowest BCUT2D eigenvalue weighted by molar-refractivity contribution is -0.140. The van der Waals surface area contributed by atoms with Gasteiger partial charge >= 0.3 is 0 Å². The van der Waals surface area contributed by atoms with Gasteiger partial charge in [0.05, 0.1) is 12.7 Å². The molecule has 2 N–H and O–H groups in total. The number of rotatable bonds is 17. The van der Waals surface area contributed by atoms with Gasteiger partial charge in [-0.1, -0.05) is 56.7 Å². The minimum Gasteiger partial charge on any atom is -0.492 e. The second kappa shape index (κ2) is 16.3. The van der Waals surface area contributed by atoms with Crippen molar-refractivity contribution in [3.05, 3.63) is 54.1 Å². The molecule has 1 amide bonds. The Labute approximate surface area is 210 Å². The molecule has 0 saturated carbocycles. The predicted molar refractivity (Wildman–Crippen MR) is 139 cm³/mol. The van der Waals surface area contributed by atoms with Crippen molar-refractivity contribution in [2.24, 2.45) is 0 Å². The molecule has 0 aliphatic heterocycles. The highest BCUT2D eigenvalue weighted by Gasteiger charge is 2.10. The summed E-state index contributed by atoms with van der Waals surface area (Å²) in [5, 5.41) is 10.5. The third-order valence-corrected chi connectivity index (χ3v) is 5.96. The van der Waals surface area contributed by atoms with Crippen molar-refractivity contribution in [2.45, 2.75) is 58.7 Å². The van der Waals surface area contributed by atoms with Gasteiger partial charge in [-0.05, 0) is 61.7 Å². The topological polar surface area (TPSA) is 80.3 Å². The van der Waals surface area contributed by atoms with Crippen molar-refractivity contribution in [1.29, 1.82) is 0 Å². The molecule has 2 rings (SSSR count). The van der Waals surface area contributed by atoms with Crippen LogP contribution in [-0.4, -0.2) is 62.0 Å². The van der Waals surface area contributed by atoms with Crippen molar-refractivity contribution >= 4 is 5.91 Å². The molecule has 0 saturated heterocycles. The van der Waals surface area contributed by atoms with E-state index in [-0.39, 0.29) is 12.0 Å². The van der Waals surface area contributed by atoms with E-state index in [1.165, 1.54) is 0 Å². The van der Waals surface area contributed by atoms with Crippen LogP contribution in [0.2, 0.25) is 0 Å². The van der Waals surface area contributed by atoms with Gasteiger partial charge in [0.2, 0.25) is 5.91 Å². The number of hydrogen-bond acceptors (Lipinski definition) is 6. The molecule has 2 atom stereocenters. The Morgan fingerprint density at radius 3 is 2.23 bits per heavy atom. The fourth-order valence-electron chi connectivity index (χ4n) is 3.75. The van der Waals surface area contributed by atoms with Crippen LogP contribution in [0.5, 0.6) is 5.75 Å². The minimum absolute atomic E-state index is 0.160. The number of amides is 1. The molecular formula is C28H42N2O5. The van der Waals surface area contributed by atoms with Gasteiger partial charge in [0.15, 0.2) is 0 Å². The summed E-state index contributed by atoms with van der Waals surface area (Å²) in [5.41, 5.74) is 5.52. The highest BCUT2D eigenvalue weighted by molar-refractivity contribution is 5.74. The molecule has 0 heterocycles. The molecule has 35 heavy (non-hydrogen) atoms. The predicted octanol–water partition coefficient (Wildman–Crippen LogP) is 4.75. The number of nitrogens with one attached hydrogen (secondary N) is 1. The van der Waals surface area contributed by atoms with E-state index in [1.54, 1.807) is 7.11 Å². The summed E-state index contributed by atoms with van der Waals surface area (Å²) in [6.07, 6.45) is 1.66. The molecule has 7 nitrogen and oxygen atoms in total. The Morgan fingerprint density at radius 1 is 1.00 bits per heavy atom. The van der Waals surface area contributed by atoms with E-state index in [1.807, 2.05) is 43.3 Å². The van der Waals surface area contributed by atoms with Gasteiger partial charge in [-0.15, -0.1) is 0 Å². The van der Waals surface area contributed by atoms with Crippen LogP contribution < -0.4 is 10.2 Å². The van der Waals surface area contributed by atoms with Crippen LogP contribution in [0.25, 0.3) is 11.1 Å². The van der Waals surface area contributed by atoms with Gasteiger partial charge in [0, 0.05) is 20.1 Å². The molecule has 0 spiro atoms. The first kappa shape index (κ1) is 28.8. The maximum Gasteiger partial charge on any atom is 0.243 e. The molecule has 0 bridgehead atoms. The summed E-state index contributed by atoms with van der Waals surface area (Å²) in [5.74, 6) is 0.713. The number of methoxy groups -OCH3 is 1. The van der Waals surface area contributed by atoms with E-state index in [9.17, 15) is 9.90 Å². The van der Waals surface area contributed by atoms with Crippen LogP contribution in [0, 0.1) is 0 Å². The molecule has 0 aromatic heterocycles. The van der Waals surface area contributed by atoms with Crippen LogP contribution in [0.3, 0.4) is 0 Å². The number of nitrogens with zero attached hydrogens (tertiary/aromatic N) is 1. The fourth-order valence-corrected chi connectivity index (χ4v) is 3.75. The zero-order valence-electron chi connectivity index (χ0n) is 21.7. The average molecular weight is 487 g/mol. The molecule has 0 aliphatic rings. The van der Waals surface area contributed by atoms with Gasteiger partial charge in [0.1, 0.15) is 18.5 Å². The van der Waals surface area contributed by atoms with Gasteiger partial charge < -0.3 is 19.5 Å². The number of ether oxygens (including phenoxy) is 2. The van der Waals surface area contributed by atoms with Crippen molar-refractivity contribution < 1.29 is 24.2 Å². The number of hydroxylamine groups is 1. The largest absolute Gasteiger partial charge is 0.492 e. The Balaban J connectivity index is 1.73. The first-order chi connectivity index (χ1) is 17.0. The summed E-state index contributed by atoms with van der Waals surface area (Å²) >= 11 is 0. The number of aliphatic hydroxyl groups is 1. The lowest BCUT2D eigenvalue weighted by Crippen LogP contribution is -2.30. The first-order valence-electron chi connectivity index (χ1n) is 12.6. The minimum atomic E-state index is -0.549. The Bertz CT molecular complexity index is 837. The first-order valence-corrected chi connectivity index (χ1v) is 12.6. The van der Waals surface area contributed by atoms with Gasteiger partial charge in [-0.2, -0.15) is 0 Å². The van der Waals surface area contributed by atoms with Crippen LogP contribution in [0.4, 0.5) is 0 Å². The Kier molecular flexibility index (Phi) is 13.4. The number of carbonyl (C=O) groups excluding carboxylic acids is 1. The monoisotopic (exact) mass is 486 g/mol. The van der Waals surface area contributed by atoms with E-state index < -0.39 is 6.10 Å². The van der Waals surface area contributed by atoms with Gasteiger partial charge in [-0.25, -0.2) is 5.48 Å². The van der Waals surface area contributed by atoms with E-state index in [4.69, 9.17) is 14.3 Å². The van der Waals surface area contributed by atoms with Crippen LogP contribution >= 0.6 is 0 Å². The molecular weight excluding hydrogens is 444 g/mol. The van der Waals surface area contributed by atoms with E-state index in [0.717, 1.165) is 48.5 Å². The molecule has 0 fully saturated rings. The van der Waals surface area contributed by atoms with Crippen molar-refractivity contribution in [3.8, 4) is 16.9 Å². The highest BCUT2D eigenvalue weighted by atomic mass is 16.7. The van der Waals surface area contributed by atoms with Gasteiger partial charge in [0.25, 0.3) is 0 Å². The fraction of sp³-hybridized carbons (Fsp3) is 0.536. The third kappa shape index (κ3) is 10.8.